The van der Waals surface area contributed by atoms with Gasteiger partial charge in [-0.05, 0) is 278 Å². The molecule has 0 nitrogen and oxygen atoms in total. The van der Waals surface area contributed by atoms with E-state index in [9.17, 15) is 0 Å². The molecule has 0 radical (unpaired) electrons. The summed E-state index contributed by atoms with van der Waals surface area (Å²) in [7, 11) is 0. The molecule has 0 N–H and O–H groups in total. The fourth-order valence-corrected chi connectivity index (χ4v) is 21.4. The Morgan fingerprint density at radius 1 is 0.213 bits per heavy atom. The zero-order chi connectivity index (χ0) is 99.1. The largest absolute Gasteiger partial charge is 0.0651 e. The van der Waals surface area contributed by atoms with Crippen LogP contribution in [-0.2, 0) is 0 Å². The fourth-order valence-electron chi connectivity index (χ4n) is 21.4. The van der Waals surface area contributed by atoms with Gasteiger partial charge in [0.25, 0.3) is 0 Å². The molecule has 0 fully saturated rings. The summed E-state index contributed by atoms with van der Waals surface area (Å²) < 4.78 is 0. The number of unbranched alkanes of at least 4 members (excludes halogenated alkanes) is 1. The van der Waals surface area contributed by atoms with Crippen molar-refractivity contribution < 1.29 is 0 Å². The van der Waals surface area contributed by atoms with Crippen LogP contribution in [0.5, 0.6) is 0 Å². The molecule has 0 spiro atoms. The molecule has 0 aromatic heterocycles. The van der Waals surface area contributed by atoms with Crippen molar-refractivity contribution in [2.24, 2.45) is 165 Å². The predicted molar refractivity (Wildman–Crippen MR) is 596 cm³/mol. The van der Waals surface area contributed by atoms with Gasteiger partial charge in [-0.3, -0.25) is 0 Å². The van der Waals surface area contributed by atoms with E-state index in [1.54, 1.807) is 0 Å². The topological polar surface area (TPSA) is 0 Å². The third kappa shape index (κ3) is 99.5. The monoisotopic (exact) mass is 1790 g/mol. The van der Waals surface area contributed by atoms with Gasteiger partial charge in [0.2, 0.25) is 0 Å². The lowest BCUT2D eigenvalue weighted by atomic mass is 9.72. The van der Waals surface area contributed by atoms with Gasteiger partial charge in [0.05, 0.1) is 0 Å². The van der Waals surface area contributed by atoms with E-state index in [4.69, 9.17) is 0 Å². The Labute approximate surface area is 814 Å². The Hall–Kier alpha value is -0.780. The molecule has 15 unspecified atom stereocenters. The first-order valence-corrected chi connectivity index (χ1v) is 57.9. The standard InChI is InChI=1S/2C22H46.2C20H42.C17H36.C14H30.C12H18/c2*1-18(2)11-8-12-20(5)13-9-14-21(6)15-10-16-22(7)17-19(3)4;1-15(2)18(17(4)14-20(8,9)10)12-11-16(3)13-19(5,6)7;1-8-18(13-16(4)5)11-12-19(9-2)15-20(10-3)14-17(6)7;1-14(2)9-7-10-16(5)11-8-12-17(6)13-15(3)4;1-6-14(11-13(4)5)10-8-7-9-12(2)3;1-8(2)12-6-9(3)11(5)10(4)7-12/h2*18-22H,8-17H2,1-7H3;15-18H,11-14H2,1-10H3;16-20H,8-15H2,1-7H3;14-17H,7-13H2,1-6H3;12-14H,6-11H2,1-5H3;6-8H,1-5H3. The van der Waals surface area contributed by atoms with Crippen LogP contribution in [-0.4, -0.2) is 0 Å². The van der Waals surface area contributed by atoms with Gasteiger partial charge in [-0.15, -0.1) is 0 Å². The van der Waals surface area contributed by atoms with Crippen LogP contribution in [0.2, 0.25) is 0 Å². The molecule has 1 aromatic rings. The molecule has 0 aliphatic rings. The summed E-state index contributed by atoms with van der Waals surface area (Å²) in [6, 6.07) is 4.60. The van der Waals surface area contributed by atoms with Crippen molar-refractivity contribution in [2.75, 3.05) is 0 Å². The molecule has 0 amide bonds. The molecule has 15 atom stereocenters. The van der Waals surface area contributed by atoms with Gasteiger partial charge in [-0.2, -0.15) is 0 Å². The maximum atomic E-state index is 2.48. The lowest BCUT2D eigenvalue weighted by molar-refractivity contribution is 0.172. The van der Waals surface area contributed by atoms with Gasteiger partial charge in [0.15, 0.2) is 0 Å². The smallest absolute Gasteiger partial charge is 0.0219 e. The van der Waals surface area contributed by atoms with Crippen LogP contribution in [0.3, 0.4) is 0 Å². The average Bonchev–Trinajstić information content (AvgIpc) is 0.848. The van der Waals surface area contributed by atoms with Gasteiger partial charge in [-0.25, -0.2) is 0 Å². The summed E-state index contributed by atoms with van der Waals surface area (Å²) >= 11 is 0. The third-order valence-corrected chi connectivity index (χ3v) is 29.1. The number of aryl methyl sites for hydroxylation is 2. The Morgan fingerprint density at radius 2 is 0.449 bits per heavy atom. The third-order valence-electron chi connectivity index (χ3n) is 29.1. The Balaban J connectivity index is -0.000000339. The van der Waals surface area contributed by atoms with E-state index in [1.807, 2.05) is 0 Å². The van der Waals surface area contributed by atoms with E-state index < -0.39 is 0 Å². The average molecular weight is 1790 g/mol. The minimum atomic E-state index is 0.462. The van der Waals surface area contributed by atoms with Gasteiger partial charge >= 0.3 is 0 Å². The zero-order valence-electron chi connectivity index (χ0n) is 98.6. The Kier molecular flexibility index (Phi) is 91.1. The van der Waals surface area contributed by atoms with Crippen molar-refractivity contribution >= 4 is 0 Å². The van der Waals surface area contributed by atoms with Gasteiger partial charge in [0.1, 0.15) is 0 Å². The predicted octanol–water partition coefficient (Wildman–Crippen LogP) is 46.0. The quantitative estimate of drug-likeness (QED) is 0.0570. The van der Waals surface area contributed by atoms with Crippen molar-refractivity contribution in [3.8, 4) is 0 Å². The second-order valence-electron chi connectivity index (χ2n) is 52.9. The van der Waals surface area contributed by atoms with Crippen LogP contribution in [0.4, 0.5) is 0 Å². The van der Waals surface area contributed by atoms with Crippen LogP contribution >= 0.6 is 0 Å². The highest BCUT2D eigenvalue weighted by Gasteiger charge is 2.27. The van der Waals surface area contributed by atoms with Crippen LogP contribution in [0.1, 0.15) is 622 Å². The molecular weight excluding hydrogens is 1530 g/mol. The molecule has 768 valence electrons. The number of hydrogen-bond acceptors (Lipinski definition) is 0. The summed E-state index contributed by atoms with van der Waals surface area (Å²) in [5, 5.41) is 0. The van der Waals surface area contributed by atoms with E-state index in [0.717, 1.165) is 154 Å². The van der Waals surface area contributed by atoms with Crippen molar-refractivity contribution in [2.45, 2.75) is 620 Å². The Morgan fingerprint density at radius 3 is 0.693 bits per heavy atom. The Bertz CT molecular complexity index is 2310. The molecule has 0 heterocycles. The lowest BCUT2D eigenvalue weighted by Crippen LogP contribution is -2.23. The van der Waals surface area contributed by atoms with Crippen molar-refractivity contribution in [1.29, 1.82) is 0 Å². The summed E-state index contributed by atoms with van der Waals surface area (Å²) in [4.78, 5) is 0. The van der Waals surface area contributed by atoms with Crippen molar-refractivity contribution in [1.82, 2.24) is 0 Å². The van der Waals surface area contributed by atoms with Gasteiger partial charge in [0, 0.05) is 0 Å². The minimum absolute atomic E-state index is 0.462. The summed E-state index contributed by atoms with van der Waals surface area (Å²) in [5.41, 5.74) is 6.65. The van der Waals surface area contributed by atoms with Crippen molar-refractivity contribution in [3.05, 3.63) is 34.4 Å². The SMILES string of the molecule is CC(C)CCCC(C)CCCC(C)CC(C)C.CC(C)CCCC(C)CCCC(C)CCCC(C)CC(C)C.CC(C)CCCC(C)CCCC(C)CCCC(C)CC(C)C.CC(CCC(C(C)C)C(C)CC(C)(C)C)CC(C)(C)C.CCC(CCC(CC)CC(CC)CC(C)C)CC(C)C.CCC(CCCCC(C)C)CC(C)C.Cc1cc(C(C)C)cc(C)c1C. The number of hydrogen-bond donors (Lipinski definition) is 0. The minimum Gasteiger partial charge on any atom is -0.0651 e. The molecule has 0 aliphatic carbocycles. The first-order chi connectivity index (χ1) is 58.8. The molecule has 1 rings (SSSR count). The molecule has 0 saturated heterocycles. The molecule has 1 aromatic carbocycles. The second kappa shape index (κ2) is 84.5. The van der Waals surface area contributed by atoms with E-state index in [-0.39, 0.29) is 0 Å². The van der Waals surface area contributed by atoms with Gasteiger partial charge in [-0.1, -0.05) is 542 Å². The normalized spacial score (nSPS) is 15.7. The van der Waals surface area contributed by atoms with Crippen LogP contribution in [0, 0.1) is 185 Å². The number of benzene rings is 1. The maximum Gasteiger partial charge on any atom is -0.0219 e. The molecule has 0 heteroatoms. The van der Waals surface area contributed by atoms with Crippen molar-refractivity contribution in [3.63, 3.8) is 0 Å². The fraction of sp³-hybridized carbons (Fsp3) is 0.953. The molecule has 127 heavy (non-hydrogen) atoms. The molecular formula is C127H260. The van der Waals surface area contributed by atoms with E-state index in [1.165, 1.54) is 311 Å². The zero-order valence-corrected chi connectivity index (χ0v) is 98.6. The first-order valence-electron chi connectivity index (χ1n) is 57.9. The van der Waals surface area contributed by atoms with Crippen LogP contribution < -0.4 is 0 Å². The molecule has 0 bridgehead atoms. The first kappa shape index (κ1) is 137. The summed E-state index contributed by atoms with van der Waals surface area (Å²) in [6.45, 7) is 111. The highest BCUT2D eigenvalue weighted by Crippen LogP contribution is 2.39. The highest BCUT2D eigenvalue weighted by molar-refractivity contribution is 5.38. The lowest BCUT2D eigenvalue weighted by Gasteiger charge is -2.33. The highest BCUT2D eigenvalue weighted by atomic mass is 14.3. The molecule has 0 saturated carbocycles. The molecule has 0 aliphatic heterocycles. The van der Waals surface area contributed by atoms with Crippen LogP contribution in [0.15, 0.2) is 12.1 Å². The summed E-state index contributed by atoms with van der Waals surface area (Å²) in [5.74, 6) is 24.2. The van der Waals surface area contributed by atoms with Gasteiger partial charge < -0.3 is 0 Å². The van der Waals surface area contributed by atoms with E-state index >= 15 is 0 Å². The van der Waals surface area contributed by atoms with E-state index in [2.05, 4.69) is 338 Å². The maximum absolute atomic E-state index is 2.48. The second-order valence-corrected chi connectivity index (χ2v) is 52.9. The number of rotatable bonds is 66. The van der Waals surface area contributed by atoms with Crippen LogP contribution in [0.25, 0.3) is 0 Å². The van der Waals surface area contributed by atoms with E-state index in [0.29, 0.717) is 16.7 Å². The summed E-state index contributed by atoms with van der Waals surface area (Å²) in [6.07, 6.45) is 64.2.